The van der Waals surface area contributed by atoms with Crippen molar-refractivity contribution in [3.05, 3.63) is 6.33 Å². The monoisotopic (exact) mass is 299 g/mol. The first kappa shape index (κ1) is 15.3. The zero-order valence-corrected chi connectivity index (χ0v) is 10.7. The predicted octanol–water partition coefficient (Wildman–Crippen LogP) is -3.70. The molecule has 1 aliphatic heterocycles. The number of hydrogen-bond acceptors (Lipinski definition) is 10. The maximum Gasteiger partial charge on any atom is 0.224 e. The van der Waals surface area contributed by atoms with Crippen LogP contribution < -0.4 is 16.6 Å². The number of aliphatic hydroxyl groups excluding tert-OH is 3. The third-order valence-corrected chi connectivity index (χ3v) is 2.83. The summed E-state index contributed by atoms with van der Waals surface area (Å²) in [4.78, 5) is 14.3. The van der Waals surface area contributed by atoms with Crippen LogP contribution in [-0.2, 0) is 4.74 Å². The molecule has 4 atom stereocenters. The average Bonchev–Trinajstić information content (AvgIpc) is 3.00. The summed E-state index contributed by atoms with van der Waals surface area (Å²) in [6.07, 6.45) is -3.75. The largest absolute Gasteiger partial charge is 0.829 e. The summed E-state index contributed by atoms with van der Waals surface area (Å²) in [5.41, 5.74) is 11.9. The van der Waals surface area contributed by atoms with Crippen molar-refractivity contribution in [3.8, 4) is 0 Å². The molecule has 1 unspecified atom stereocenters. The standard InChI is InChI=1S/C5H6N6.C5H9O5/c6-3-2-4(9-1-8-2)11-5(7)10-3;6-1-2-3(7)4(8)5(9)10-2/h1H,(H5,6,7,8,9,10,11);2-8H,1H2/q;-1/t;2-,3-,4+,5?/m.1/s1. The Balaban J connectivity index is 0.000000155. The Kier molecular flexibility index (Phi) is 4.50. The van der Waals surface area contributed by atoms with Crippen molar-refractivity contribution in [1.82, 2.24) is 19.9 Å². The minimum Gasteiger partial charge on any atom is -0.829 e. The number of aromatic amines is 1. The first-order valence-corrected chi connectivity index (χ1v) is 5.94. The van der Waals surface area contributed by atoms with Gasteiger partial charge in [-0.25, -0.2) is 4.98 Å². The van der Waals surface area contributed by atoms with Crippen LogP contribution in [0.4, 0.5) is 11.8 Å². The van der Waals surface area contributed by atoms with Crippen LogP contribution in [0.5, 0.6) is 0 Å². The van der Waals surface area contributed by atoms with Crippen LogP contribution >= 0.6 is 0 Å². The van der Waals surface area contributed by atoms with Gasteiger partial charge in [0.25, 0.3) is 0 Å². The number of nitrogens with two attached hydrogens (primary N) is 2. The summed E-state index contributed by atoms with van der Waals surface area (Å²) in [6.45, 7) is -0.447. The summed E-state index contributed by atoms with van der Waals surface area (Å²) in [5, 5.41) is 36.6. The lowest BCUT2D eigenvalue weighted by atomic mass is 10.1. The molecule has 21 heavy (non-hydrogen) atoms. The van der Waals surface area contributed by atoms with Gasteiger partial charge in [-0.1, -0.05) is 0 Å². The molecule has 1 fully saturated rings. The maximum absolute atomic E-state index is 10.5. The van der Waals surface area contributed by atoms with Crippen molar-refractivity contribution >= 4 is 22.9 Å². The number of fused-ring (bicyclic) bond motifs is 1. The lowest BCUT2D eigenvalue weighted by Crippen LogP contribution is -2.39. The Bertz CT molecular complexity index is 607. The van der Waals surface area contributed by atoms with Crippen molar-refractivity contribution in [2.24, 2.45) is 0 Å². The van der Waals surface area contributed by atoms with Crippen LogP contribution in [0.1, 0.15) is 0 Å². The van der Waals surface area contributed by atoms with Crippen LogP contribution in [0, 0.1) is 0 Å². The van der Waals surface area contributed by atoms with Gasteiger partial charge >= 0.3 is 0 Å². The Morgan fingerprint density at radius 1 is 1.29 bits per heavy atom. The summed E-state index contributed by atoms with van der Waals surface area (Å²) >= 11 is 0. The highest BCUT2D eigenvalue weighted by Crippen LogP contribution is 2.16. The van der Waals surface area contributed by atoms with Crippen molar-refractivity contribution in [3.63, 3.8) is 0 Å². The number of nitrogen functional groups attached to an aromatic ring is 2. The second-order valence-corrected chi connectivity index (χ2v) is 4.27. The van der Waals surface area contributed by atoms with Crippen molar-refractivity contribution in [2.75, 3.05) is 18.1 Å². The minimum atomic E-state index is -1.63. The van der Waals surface area contributed by atoms with Crippen LogP contribution in [0.15, 0.2) is 6.33 Å². The Hall–Kier alpha value is -2.05. The fraction of sp³-hybridized carbons (Fsp3) is 0.500. The van der Waals surface area contributed by atoms with Crippen LogP contribution in [0.2, 0.25) is 0 Å². The van der Waals surface area contributed by atoms with Gasteiger partial charge in [-0.05, 0) is 0 Å². The minimum absolute atomic E-state index is 0.141. The number of nitrogens with one attached hydrogen (secondary N) is 1. The molecule has 0 aliphatic carbocycles. The third kappa shape index (κ3) is 3.17. The van der Waals surface area contributed by atoms with E-state index >= 15 is 0 Å². The second-order valence-electron chi connectivity index (χ2n) is 4.27. The van der Waals surface area contributed by atoms with Gasteiger partial charge in [-0.3, -0.25) is 0 Å². The van der Waals surface area contributed by atoms with Crippen molar-refractivity contribution in [2.45, 2.75) is 24.6 Å². The first-order chi connectivity index (χ1) is 9.93. The highest BCUT2D eigenvalue weighted by molar-refractivity contribution is 5.81. The number of ether oxygens (including phenoxy) is 1. The van der Waals surface area contributed by atoms with E-state index in [0.29, 0.717) is 17.0 Å². The molecule has 1 saturated heterocycles. The number of anilines is 2. The number of hydrogen-bond donors (Lipinski definition) is 6. The molecule has 11 heteroatoms. The summed E-state index contributed by atoms with van der Waals surface area (Å²) < 4.78 is 4.43. The van der Waals surface area contributed by atoms with E-state index in [1.165, 1.54) is 6.33 Å². The fourth-order valence-electron chi connectivity index (χ4n) is 1.74. The van der Waals surface area contributed by atoms with E-state index in [-0.39, 0.29) is 5.95 Å². The lowest BCUT2D eigenvalue weighted by Gasteiger charge is -2.18. The topological polar surface area (TPSA) is 199 Å². The van der Waals surface area contributed by atoms with Gasteiger partial charge in [0.2, 0.25) is 5.95 Å². The van der Waals surface area contributed by atoms with Gasteiger partial charge in [0, 0.05) is 6.29 Å². The first-order valence-electron chi connectivity index (χ1n) is 5.94. The molecule has 3 rings (SSSR count). The van der Waals surface area contributed by atoms with Crippen LogP contribution in [-0.4, -0.2) is 66.5 Å². The summed E-state index contributed by atoms with van der Waals surface area (Å²) in [6, 6.07) is 0. The SMILES string of the molecule is Nc1nc(N)c2[nH]cnc2n1.[O-]C1O[C@H](CO)[C@@H](O)[C@@H]1O. The normalized spacial score (nSPS) is 28.4. The molecule has 116 valence electrons. The number of imidazole rings is 1. The summed E-state index contributed by atoms with van der Waals surface area (Å²) in [7, 11) is 0. The molecule has 0 aromatic carbocycles. The summed E-state index contributed by atoms with van der Waals surface area (Å²) in [5.74, 6) is 0.465. The molecule has 2 aromatic heterocycles. The van der Waals surface area contributed by atoms with Gasteiger partial charge in [0.15, 0.2) is 11.5 Å². The molecule has 0 amide bonds. The van der Waals surface area contributed by atoms with Gasteiger partial charge in [0.1, 0.15) is 17.7 Å². The van der Waals surface area contributed by atoms with Gasteiger partial charge in [-0.2, -0.15) is 9.97 Å². The van der Waals surface area contributed by atoms with Gasteiger partial charge < -0.3 is 41.6 Å². The third-order valence-electron chi connectivity index (χ3n) is 2.83. The van der Waals surface area contributed by atoms with Crippen LogP contribution in [0.3, 0.4) is 0 Å². The van der Waals surface area contributed by atoms with E-state index in [1.54, 1.807) is 0 Å². The fourth-order valence-corrected chi connectivity index (χ4v) is 1.74. The number of H-pyrrole nitrogens is 1. The molecular formula is C10H15N6O5-. The smallest absolute Gasteiger partial charge is 0.224 e. The number of aromatic nitrogens is 4. The number of rotatable bonds is 1. The predicted molar refractivity (Wildman–Crippen MR) is 68.3 cm³/mol. The molecule has 0 spiro atoms. The molecule has 8 N–H and O–H groups in total. The Labute approximate surface area is 118 Å². The highest BCUT2D eigenvalue weighted by atomic mass is 16.6. The second kappa shape index (κ2) is 6.15. The average molecular weight is 299 g/mol. The Morgan fingerprint density at radius 2 is 2.00 bits per heavy atom. The van der Waals surface area contributed by atoms with E-state index in [2.05, 4.69) is 24.7 Å². The van der Waals surface area contributed by atoms with Crippen molar-refractivity contribution < 1.29 is 25.2 Å². The lowest BCUT2D eigenvalue weighted by molar-refractivity contribution is -0.498. The van der Waals surface area contributed by atoms with E-state index in [9.17, 15) is 5.11 Å². The quantitative estimate of drug-likeness (QED) is 0.304. The zero-order chi connectivity index (χ0) is 15.6. The van der Waals surface area contributed by atoms with E-state index in [1.807, 2.05) is 0 Å². The van der Waals surface area contributed by atoms with E-state index < -0.39 is 31.2 Å². The number of aliphatic hydroxyl groups is 3. The van der Waals surface area contributed by atoms with Crippen molar-refractivity contribution in [1.29, 1.82) is 0 Å². The molecule has 3 heterocycles. The molecule has 0 radical (unpaired) electrons. The molecule has 1 aliphatic rings. The molecular weight excluding hydrogens is 284 g/mol. The molecule has 11 nitrogen and oxygen atoms in total. The van der Waals surface area contributed by atoms with Gasteiger partial charge in [-0.15, -0.1) is 0 Å². The Morgan fingerprint density at radius 3 is 2.52 bits per heavy atom. The van der Waals surface area contributed by atoms with E-state index in [4.69, 9.17) is 26.8 Å². The molecule has 0 bridgehead atoms. The highest BCUT2D eigenvalue weighted by Gasteiger charge is 2.36. The van der Waals surface area contributed by atoms with Gasteiger partial charge in [0.05, 0.1) is 19.0 Å². The number of nitrogens with zero attached hydrogens (tertiary/aromatic N) is 3. The molecule has 2 aromatic rings. The molecule has 0 saturated carbocycles. The maximum atomic E-state index is 10.5. The van der Waals surface area contributed by atoms with E-state index in [0.717, 1.165) is 0 Å². The zero-order valence-electron chi connectivity index (χ0n) is 10.7. The van der Waals surface area contributed by atoms with Crippen LogP contribution in [0.25, 0.3) is 11.2 Å².